The van der Waals surface area contributed by atoms with Crippen molar-refractivity contribution in [3.63, 3.8) is 0 Å². The number of unbranched alkanes of at least 4 members (excludes halogenated alkanes) is 1. The summed E-state index contributed by atoms with van der Waals surface area (Å²) in [6.07, 6.45) is 3.22. The number of nitrogens with one attached hydrogen (secondary N) is 2. The SMILES string of the molecule is CCCCNC(=O)/C(C#N)=C\Nc1cc(C)c(Cl)cc1OC. The summed E-state index contributed by atoms with van der Waals surface area (Å²) in [6, 6.07) is 5.36. The fourth-order valence-corrected chi connectivity index (χ4v) is 1.87. The van der Waals surface area contributed by atoms with Crippen molar-refractivity contribution >= 4 is 23.2 Å². The van der Waals surface area contributed by atoms with Crippen LogP contribution < -0.4 is 15.4 Å². The number of carbonyl (C=O) groups is 1. The fourth-order valence-electron chi connectivity index (χ4n) is 1.72. The lowest BCUT2D eigenvalue weighted by Gasteiger charge is -2.11. The molecule has 0 aliphatic heterocycles. The molecule has 0 aliphatic carbocycles. The van der Waals surface area contributed by atoms with Gasteiger partial charge in [-0.25, -0.2) is 0 Å². The summed E-state index contributed by atoms with van der Waals surface area (Å²) in [5.74, 6) is 0.142. The summed E-state index contributed by atoms with van der Waals surface area (Å²) in [7, 11) is 1.53. The Labute approximate surface area is 135 Å². The first kappa shape index (κ1) is 17.9. The molecule has 118 valence electrons. The summed E-state index contributed by atoms with van der Waals surface area (Å²) in [5, 5.41) is 15.3. The van der Waals surface area contributed by atoms with E-state index in [-0.39, 0.29) is 5.57 Å². The minimum atomic E-state index is -0.395. The quantitative estimate of drug-likeness (QED) is 0.458. The molecule has 0 aromatic heterocycles. The summed E-state index contributed by atoms with van der Waals surface area (Å²) in [6.45, 7) is 4.45. The lowest BCUT2D eigenvalue weighted by Crippen LogP contribution is -2.25. The largest absolute Gasteiger partial charge is 0.495 e. The molecule has 1 rings (SSSR count). The highest BCUT2D eigenvalue weighted by Crippen LogP contribution is 2.31. The maximum Gasteiger partial charge on any atom is 0.263 e. The molecule has 1 aromatic rings. The number of carbonyl (C=O) groups excluding carboxylic acids is 1. The van der Waals surface area contributed by atoms with Crippen LogP contribution in [0.2, 0.25) is 5.02 Å². The Kier molecular flexibility index (Phi) is 7.27. The smallest absolute Gasteiger partial charge is 0.263 e. The summed E-state index contributed by atoms with van der Waals surface area (Å²) in [4.78, 5) is 11.9. The molecule has 0 aliphatic rings. The van der Waals surface area contributed by atoms with E-state index in [9.17, 15) is 4.79 Å². The van der Waals surface area contributed by atoms with Gasteiger partial charge in [-0.2, -0.15) is 5.26 Å². The number of halogens is 1. The van der Waals surface area contributed by atoms with Crippen LogP contribution in [-0.4, -0.2) is 19.6 Å². The van der Waals surface area contributed by atoms with Crippen molar-refractivity contribution in [1.29, 1.82) is 5.26 Å². The van der Waals surface area contributed by atoms with Gasteiger partial charge in [-0.05, 0) is 25.0 Å². The third kappa shape index (κ3) is 4.97. The number of hydrogen-bond acceptors (Lipinski definition) is 4. The Morgan fingerprint density at radius 2 is 2.23 bits per heavy atom. The maximum absolute atomic E-state index is 11.9. The number of rotatable bonds is 7. The van der Waals surface area contributed by atoms with Crippen molar-refractivity contribution in [2.45, 2.75) is 26.7 Å². The number of hydrogen-bond donors (Lipinski definition) is 2. The van der Waals surface area contributed by atoms with E-state index in [0.29, 0.717) is 23.0 Å². The number of benzene rings is 1. The predicted octanol–water partition coefficient (Wildman–Crippen LogP) is 3.39. The van der Waals surface area contributed by atoms with Crippen LogP contribution in [0.5, 0.6) is 5.75 Å². The summed E-state index contributed by atoms with van der Waals surface area (Å²) in [5.41, 5.74) is 1.51. The van der Waals surface area contributed by atoms with Crippen molar-refractivity contribution in [2.75, 3.05) is 19.0 Å². The van der Waals surface area contributed by atoms with Gasteiger partial charge in [-0.3, -0.25) is 4.79 Å². The van der Waals surface area contributed by atoms with E-state index in [1.807, 2.05) is 19.9 Å². The molecule has 22 heavy (non-hydrogen) atoms. The minimum Gasteiger partial charge on any atom is -0.495 e. The normalized spacial score (nSPS) is 10.8. The number of methoxy groups -OCH3 is 1. The Bertz CT molecular complexity index is 606. The second-order valence-corrected chi connectivity index (χ2v) is 5.13. The molecular formula is C16H20ClN3O2. The average Bonchev–Trinajstić information content (AvgIpc) is 2.51. The van der Waals surface area contributed by atoms with Crippen LogP contribution in [0.15, 0.2) is 23.9 Å². The number of ether oxygens (including phenoxy) is 1. The van der Waals surface area contributed by atoms with Crippen molar-refractivity contribution in [2.24, 2.45) is 0 Å². The standard InChI is InChI=1S/C16H20ClN3O2/c1-4-5-6-19-16(21)12(9-18)10-20-14-7-11(2)13(17)8-15(14)22-3/h7-8,10,20H,4-6H2,1-3H3,(H,19,21)/b12-10-. The zero-order chi connectivity index (χ0) is 16.5. The second kappa shape index (κ2) is 8.96. The van der Waals surface area contributed by atoms with Crippen LogP contribution in [0.1, 0.15) is 25.3 Å². The van der Waals surface area contributed by atoms with Crippen molar-refractivity contribution in [3.8, 4) is 11.8 Å². The number of aryl methyl sites for hydroxylation is 1. The van der Waals surface area contributed by atoms with Gasteiger partial charge in [0.25, 0.3) is 5.91 Å². The van der Waals surface area contributed by atoms with Gasteiger partial charge in [-0.15, -0.1) is 0 Å². The molecular weight excluding hydrogens is 302 g/mol. The Morgan fingerprint density at radius 3 is 2.82 bits per heavy atom. The van der Waals surface area contributed by atoms with Crippen LogP contribution >= 0.6 is 11.6 Å². The van der Waals surface area contributed by atoms with Gasteiger partial charge in [0.15, 0.2) is 0 Å². The molecule has 0 atom stereocenters. The van der Waals surface area contributed by atoms with Crippen molar-refractivity contribution in [1.82, 2.24) is 5.32 Å². The zero-order valence-electron chi connectivity index (χ0n) is 13.0. The highest BCUT2D eigenvalue weighted by Gasteiger charge is 2.10. The van der Waals surface area contributed by atoms with Gasteiger partial charge < -0.3 is 15.4 Å². The van der Waals surface area contributed by atoms with Gasteiger partial charge in [0.1, 0.15) is 17.4 Å². The Hall–Kier alpha value is -2.19. The number of anilines is 1. The molecule has 0 spiro atoms. The molecule has 0 radical (unpaired) electrons. The number of nitriles is 1. The van der Waals surface area contributed by atoms with Crippen LogP contribution in [0.4, 0.5) is 5.69 Å². The molecule has 2 N–H and O–H groups in total. The first-order valence-corrected chi connectivity index (χ1v) is 7.40. The lowest BCUT2D eigenvalue weighted by atomic mass is 10.2. The average molecular weight is 322 g/mol. The molecule has 5 nitrogen and oxygen atoms in total. The summed E-state index contributed by atoms with van der Waals surface area (Å²) < 4.78 is 5.23. The van der Waals surface area contributed by atoms with Crippen LogP contribution in [0.25, 0.3) is 0 Å². The van der Waals surface area contributed by atoms with Crippen molar-refractivity contribution in [3.05, 3.63) is 34.5 Å². The minimum absolute atomic E-state index is 0.00533. The first-order valence-electron chi connectivity index (χ1n) is 7.02. The molecule has 0 fully saturated rings. The van der Waals surface area contributed by atoms with Gasteiger partial charge in [-0.1, -0.05) is 24.9 Å². The molecule has 6 heteroatoms. The van der Waals surface area contributed by atoms with E-state index >= 15 is 0 Å². The lowest BCUT2D eigenvalue weighted by molar-refractivity contribution is -0.117. The fraction of sp³-hybridized carbons (Fsp3) is 0.375. The van der Waals surface area contributed by atoms with E-state index in [1.165, 1.54) is 13.3 Å². The van der Waals surface area contributed by atoms with E-state index in [2.05, 4.69) is 10.6 Å². The molecule has 1 aromatic carbocycles. The molecule has 0 heterocycles. The monoisotopic (exact) mass is 321 g/mol. The van der Waals surface area contributed by atoms with E-state index < -0.39 is 5.91 Å². The topological polar surface area (TPSA) is 74.2 Å². The molecule has 0 saturated heterocycles. The molecule has 1 amide bonds. The maximum atomic E-state index is 11.9. The van der Waals surface area contributed by atoms with Gasteiger partial charge >= 0.3 is 0 Å². The third-order valence-corrected chi connectivity index (χ3v) is 3.44. The second-order valence-electron chi connectivity index (χ2n) is 4.73. The van der Waals surface area contributed by atoms with Crippen molar-refractivity contribution < 1.29 is 9.53 Å². The van der Waals surface area contributed by atoms with E-state index in [4.69, 9.17) is 21.6 Å². The van der Waals surface area contributed by atoms with E-state index in [1.54, 1.807) is 12.1 Å². The predicted molar refractivity (Wildman–Crippen MR) is 88.0 cm³/mol. The Morgan fingerprint density at radius 1 is 1.50 bits per heavy atom. The first-order chi connectivity index (χ1) is 10.5. The summed E-state index contributed by atoms with van der Waals surface area (Å²) >= 11 is 6.04. The molecule has 0 bridgehead atoms. The van der Waals surface area contributed by atoms with Crippen LogP contribution in [-0.2, 0) is 4.79 Å². The van der Waals surface area contributed by atoms with Gasteiger partial charge in [0.05, 0.1) is 12.8 Å². The highest BCUT2D eigenvalue weighted by atomic mass is 35.5. The number of nitrogens with zero attached hydrogens (tertiary/aromatic N) is 1. The van der Waals surface area contributed by atoms with Gasteiger partial charge in [0.2, 0.25) is 0 Å². The molecule has 0 unspecified atom stereocenters. The zero-order valence-corrected chi connectivity index (χ0v) is 13.8. The third-order valence-electron chi connectivity index (χ3n) is 3.03. The Balaban J connectivity index is 2.87. The van der Waals surface area contributed by atoms with Crippen LogP contribution in [0.3, 0.4) is 0 Å². The van der Waals surface area contributed by atoms with Crippen LogP contribution in [0, 0.1) is 18.3 Å². The molecule has 0 saturated carbocycles. The highest BCUT2D eigenvalue weighted by molar-refractivity contribution is 6.31. The van der Waals surface area contributed by atoms with Gasteiger partial charge in [0, 0.05) is 23.8 Å². The van der Waals surface area contributed by atoms with E-state index in [0.717, 1.165) is 18.4 Å². The number of amides is 1.